The standard InChI is InChI=1S/C24H23N3O5/c1-3-30-19-11-7-10-17-12-20(31-23(17)19)15(2)26-22(28)14-25-24(29)18-13-21(32-27-18)16-8-5-4-6-9-16/h4-13,15H,3,14H2,1-2H3,(H,25,29)(H,26,28). The van der Waals surface area contributed by atoms with E-state index < -0.39 is 11.9 Å². The summed E-state index contributed by atoms with van der Waals surface area (Å²) in [5.41, 5.74) is 1.55. The molecule has 1 unspecified atom stereocenters. The monoisotopic (exact) mass is 433 g/mol. The Morgan fingerprint density at radius 2 is 1.91 bits per heavy atom. The Kier molecular flexibility index (Phi) is 6.21. The Morgan fingerprint density at radius 3 is 2.69 bits per heavy atom. The first-order valence-electron chi connectivity index (χ1n) is 10.3. The molecule has 0 aliphatic carbocycles. The van der Waals surface area contributed by atoms with Crippen molar-refractivity contribution in [1.29, 1.82) is 0 Å². The lowest BCUT2D eigenvalue weighted by atomic mass is 10.1. The van der Waals surface area contributed by atoms with Crippen LogP contribution < -0.4 is 15.4 Å². The second-order valence-corrected chi connectivity index (χ2v) is 7.17. The average molecular weight is 433 g/mol. The van der Waals surface area contributed by atoms with Crippen molar-refractivity contribution in [2.45, 2.75) is 19.9 Å². The van der Waals surface area contributed by atoms with Gasteiger partial charge in [-0.05, 0) is 26.0 Å². The van der Waals surface area contributed by atoms with Crippen LogP contribution in [-0.2, 0) is 4.79 Å². The van der Waals surface area contributed by atoms with Gasteiger partial charge in [-0.15, -0.1) is 0 Å². The van der Waals surface area contributed by atoms with Gasteiger partial charge in [0.1, 0.15) is 5.76 Å². The van der Waals surface area contributed by atoms with Crippen LogP contribution in [0.15, 0.2) is 69.6 Å². The van der Waals surface area contributed by atoms with Crippen molar-refractivity contribution in [1.82, 2.24) is 15.8 Å². The van der Waals surface area contributed by atoms with Crippen molar-refractivity contribution < 1.29 is 23.3 Å². The first-order chi connectivity index (χ1) is 15.5. The molecule has 0 fully saturated rings. The number of rotatable bonds is 8. The molecule has 0 aliphatic rings. The number of para-hydroxylation sites is 1. The summed E-state index contributed by atoms with van der Waals surface area (Å²) in [4.78, 5) is 24.7. The molecule has 8 nitrogen and oxygen atoms in total. The summed E-state index contributed by atoms with van der Waals surface area (Å²) in [5, 5.41) is 10.0. The number of nitrogens with one attached hydrogen (secondary N) is 2. The van der Waals surface area contributed by atoms with E-state index in [1.54, 1.807) is 0 Å². The summed E-state index contributed by atoms with van der Waals surface area (Å²) in [6.45, 7) is 4.03. The van der Waals surface area contributed by atoms with Crippen LogP contribution in [0.3, 0.4) is 0 Å². The van der Waals surface area contributed by atoms with Crippen LogP contribution >= 0.6 is 0 Å². The number of hydrogen-bond donors (Lipinski definition) is 2. The number of nitrogens with zero attached hydrogens (tertiary/aromatic N) is 1. The Morgan fingerprint density at radius 1 is 1.09 bits per heavy atom. The number of furan rings is 1. The molecule has 32 heavy (non-hydrogen) atoms. The normalized spacial score (nSPS) is 11.8. The number of carbonyl (C=O) groups excluding carboxylic acids is 2. The molecular weight excluding hydrogens is 410 g/mol. The molecule has 2 aromatic carbocycles. The van der Waals surface area contributed by atoms with Gasteiger partial charge >= 0.3 is 0 Å². The van der Waals surface area contributed by atoms with E-state index in [1.807, 2.05) is 68.4 Å². The summed E-state index contributed by atoms with van der Waals surface area (Å²) < 4.78 is 16.7. The Hall–Kier alpha value is -4.07. The zero-order valence-electron chi connectivity index (χ0n) is 17.8. The van der Waals surface area contributed by atoms with Gasteiger partial charge in [0.2, 0.25) is 5.91 Å². The fraction of sp³-hybridized carbons (Fsp3) is 0.208. The van der Waals surface area contributed by atoms with Crippen molar-refractivity contribution >= 4 is 22.8 Å². The van der Waals surface area contributed by atoms with Gasteiger partial charge in [-0.3, -0.25) is 9.59 Å². The van der Waals surface area contributed by atoms with Gasteiger partial charge in [-0.1, -0.05) is 47.6 Å². The third kappa shape index (κ3) is 4.64. The average Bonchev–Trinajstić information content (AvgIpc) is 3.46. The zero-order valence-corrected chi connectivity index (χ0v) is 17.8. The zero-order chi connectivity index (χ0) is 22.5. The summed E-state index contributed by atoms with van der Waals surface area (Å²) in [6.07, 6.45) is 0. The molecule has 4 rings (SSSR count). The summed E-state index contributed by atoms with van der Waals surface area (Å²) in [7, 11) is 0. The third-order valence-corrected chi connectivity index (χ3v) is 4.84. The lowest BCUT2D eigenvalue weighted by molar-refractivity contribution is -0.120. The predicted molar refractivity (Wildman–Crippen MR) is 118 cm³/mol. The van der Waals surface area contributed by atoms with Crippen molar-refractivity contribution in [2.75, 3.05) is 13.2 Å². The summed E-state index contributed by atoms with van der Waals surface area (Å²) in [6, 6.07) is 18.0. The minimum atomic E-state index is -0.496. The summed E-state index contributed by atoms with van der Waals surface area (Å²) in [5.74, 6) is 0.873. The molecule has 0 radical (unpaired) electrons. The van der Waals surface area contributed by atoms with Crippen LogP contribution in [0.1, 0.15) is 36.1 Å². The van der Waals surface area contributed by atoms with Gasteiger partial charge < -0.3 is 24.3 Å². The number of hydrogen-bond acceptors (Lipinski definition) is 6. The van der Waals surface area contributed by atoms with Crippen LogP contribution in [0.4, 0.5) is 0 Å². The number of amides is 2. The number of carbonyl (C=O) groups is 2. The Labute approximate surface area is 184 Å². The molecule has 0 spiro atoms. The third-order valence-electron chi connectivity index (χ3n) is 4.84. The lowest BCUT2D eigenvalue weighted by Crippen LogP contribution is -2.38. The predicted octanol–water partition coefficient (Wildman–Crippen LogP) is 4.09. The Balaban J connectivity index is 1.34. The van der Waals surface area contributed by atoms with E-state index in [2.05, 4.69) is 15.8 Å². The number of ether oxygens (including phenoxy) is 1. The number of fused-ring (bicyclic) bond motifs is 1. The fourth-order valence-electron chi connectivity index (χ4n) is 3.27. The second-order valence-electron chi connectivity index (χ2n) is 7.17. The van der Waals surface area contributed by atoms with E-state index in [-0.39, 0.29) is 18.1 Å². The molecule has 2 aromatic heterocycles. The summed E-state index contributed by atoms with van der Waals surface area (Å²) >= 11 is 0. The van der Waals surface area contributed by atoms with Gasteiger partial charge in [0.25, 0.3) is 5.91 Å². The highest BCUT2D eigenvalue weighted by Crippen LogP contribution is 2.31. The van der Waals surface area contributed by atoms with Crippen molar-refractivity contribution in [3.05, 3.63) is 72.1 Å². The maximum Gasteiger partial charge on any atom is 0.273 e. The number of benzene rings is 2. The molecule has 0 aliphatic heterocycles. The van der Waals surface area contributed by atoms with Crippen molar-refractivity contribution in [3.8, 4) is 17.1 Å². The van der Waals surface area contributed by atoms with E-state index in [9.17, 15) is 9.59 Å². The van der Waals surface area contributed by atoms with Crippen molar-refractivity contribution in [3.63, 3.8) is 0 Å². The molecule has 0 saturated carbocycles. The smallest absolute Gasteiger partial charge is 0.273 e. The van der Waals surface area contributed by atoms with Crippen LogP contribution in [0.25, 0.3) is 22.3 Å². The molecule has 2 N–H and O–H groups in total. The highest BCUT2D eigenvalue weighted by atomic mass is 16.5. The Bertz CT molecular complexity index is 1230. The molecule has 2 amide bonds. The van der Waals surface area contributed by atoms with Crippen LogP contribution in [-0.4, -0.2) is 30.1 Å². The lowest BCUT2D eigenvalue weighted by Gasteiger charge is -2.11. The van der Waals surface area contributed by atoms with E-state index in [0.717, 1.165) is 10.9 Å². The van der Waals surface area contributed by atoms with Gasteiger partial charge in [-0.25, -0.2) is 0 Å². The molecule has 164 valence electrons. The number of aromatic nitrogens is 1. The van der Waals surface area contributed by atoms with Crippen LogP contribution in [0.2, 0.25) is 0 Å². The highest BCUT2D eigenvalue weighted by molar-refractivity contribution is 5.95. The molecule has 1 atom stereocenters. The minimum Gasteiger partial charge on any atom is -0.490 e. The molecule has 0 saturated heterocycles. The SMILES string of the molecule is CCOc1cccc2cc(C(C)NC(=O)CNC(=O)c3cc(-c4ccccc4)on3)oc12. The van der Waals surface area contributed by atoms with E-state index in [1.165, 1.54) is 6.07 Å². The molecule has 8 heteroatoms. The van der Waals surface area contributed by atoms with Gasteiger partial charge in [0.15, 0.2) is 22.8 Å². The topological polar surface area (TPSA) is 107 Å². The highest BCUT2D eigenvalue weighted by Gasteiger charge is 2.18. The van der Waals surface area contributed by atoms with E-state index in [0.29, 0.717) is 29.5 Å². The molecular formula is C24H23N3O5. The first-order valence-corrected chi connectivity index (χ1v) is 10.3. The molecule has 0 bridgehead atoms. The molecule has 4 aromatic rings. The van der Waals surface area contributed by atoms with Crippen LogP contribution in [0, 0.1) is 0 Å². The van der Waals surface area contributed by atoms with Gasteiger partial charge in [0, 0.05) is 17.0 Å². The minimum absolute atomic E-state index is 0.102. The maximum absolute atomic E-state index is 12.3. The maximum atomic E-state index is 12.3. The largest absolute Gasteiger partial charge is 0.490 e. The fourth-order valence-corrected chi connectivity index (χ4v) is 3.27. The van der Waals surface area contributed by atoms with E-state index in [4.69, 9.17) is 13.7 Å². The van der Waals surface area contributed by atoms with Crippen molar-refractivity contribution in [2.24, 2.45) is 0 Å². The first kappa shape index (κ1) is 21.2. The quantitative estimate of drug-likeness (QED) is 0.433. The van der Waals surface area contributed by atoms with Gasteiger partial charge in [0.05, 0.1) is 19.2 Å². The molecule has 2 heterocycles. The van der Waals surface area contributed by atoms with Crippen LogP contribution in [0.5, 0.6) is 5.75 Å². The van der Waals surface area contributed by atoms with E-state index >= 15 is 0 Å². The van der Waals surface area contributed by atoms with Gasteiger partial charge in [-0.2, -0.15) is 0 Å². The second kappa shape index (κ2) is 9.38.